The van der Waals surface area contributed by atoms with Gasteiger partial charge in [-0.15, -0.1) is 6.58 Å². The van der Waals surface area contributed by atoms with Crippen LogP contribution in [0.3, 0.4) is 0 Å². The van der Waals surface area contributed by atoms with E-state index >= 15 is 0 Å². The quantitative estimate of drug-likeness (QED) is 0.670. The van der Waals surface area contributed by atoms with Gasteiger partial charge in [0, 0.05) is 6.54 Å². The van der Waals surface area contributed by atoms with Crippen LogP contribution in [-0.4, -0.2) is 17.4 Å². The van der Waals surface area contributed by atoms with Gasteiger partial charge >= 0.3 is 0 Å². The molecule has 4 nitrogen and oxygen atoms in total. The van der Waals surface area contributed by atoms with Crippen LogP contribution in [-0.2, 0) is 0 Å². The lowest BCUT2D eigenvalue weighted by molar-refractivity contribution is 0.0748. The molecule has 0 saturated carbocycles. The van der Waals surface area contributed by atoms with Gasteiger partial charge in [0.2, 0.25) is 5.76 Å². The number of rotatable bonds is 3. The fraction of sp³-hybridized carbons (Fsp3) is 0.182. The Morgan fingerprint density at radius 3 is 2.46 bits per heavy atom. The highest BCUT2D eigenvalue weighted by Crippen LogP contribution is 2.38. The van der Waals surface area contributed by atoms with Crippen molar-refractivity contribution in [1.82, 2.24) is 4.90 Å². The molecule has 0 spiro atoms. The van der Waals surface area contributed by atoms with E-state index in [9.17, 15) is 9.59 Å². The summed E-state index contributed by atoms with van der Waals surface area (Å²) >= 11 is 0. The number of aryl methyl sites for hydroxylation is 2. The zero-order valence-electron chi connectivity index (χ0n) is 14.8. The van der Waals surface area contributed by atoms with Crippen molar-refractivity contribution in [2.75, 3.05) is 6.54 Å². The van der Waals surface area contributed by atoms with E-state index < -0.39 is 6.04 Å². The van der Waals surface area contributed by atoms with Crippen molar-refractivity contribution in [2.24, 2.45) is 0 Å². The number of nitrogens with zero attached hydrogens (tertiary/aromatic N) is 1. The van der Waals surface area contributed by atoms with Gasteiger partial charge in [0.05, 0.1) is 17.0 Å². The average Bonchev–Trinajstić information content (AvgIpc) is 2.90. The maximum atomic E-state index is 13.3. The first-order chi connectivity index (χ1) is 12.5. The molecule has 2 aromatic carbocycles. The summed E-state index contributed by atoms with van der Waals surface area (Å²) in [4.78, 5) is 27.8. The summed E-state index contributed by atoms with van der Waals surface area (Å²) in [6.07, 6.45) is 1.67. The Kier molecular flexibility index (Phi) is 3.76. The summed E-state index contributed by atoms with van der Waals surface area (Å²) in [5.41, 5.74) is 3.70. The third-order valence-electron chi connectivity index (χ3n) is 4.84. The van der Waals surface area contributed by atoms with Gasteiger partial charge in [-0.25, -0.2) is 0 Å². The van der Waals surface area contributed by atoms with Crippen LogP contribution in [0.25, 0.3) is 11.0 Å². The van der Waals surface area contributed by atoms with Gasteiger partial charge in [-0.1, -0.05) is 47.5 Å². The first kappa shape index (κ1) is 16.3. The number of amides is 1. The lowest BCUT2D eigenvalue weighted by Crippen LogP contribution is -2.29. The van der Waals surface area contributed by atoms with Gasteiger partial charge in [0.15, 0.2) is 5.43 Å². The van der Waals surface area contributed by atoms with E-state index in [1.54, 1.807) is 17.0 Å². The molecule has 1 aromatic heterocycles. The number of hydrogen-bond donors (Lipinski definition) is 0. The molecular formula is C22H19NO3. The van der Waals surface area contributed by atoms with E-state index in [0.29, 0.717) is 23.1 Å². The third-order valence-corrected chi connectivity index (χ3v) is 4.84. The van der Waals surface area contributed by atoms with Gasteiger partial charge < -0.3 is 9.32 Å². The van der Waals surface area contributed by atoms with Crippen LogP contribution >= 0.6 is 0 Å². The molecule has 4 rings (SSSR count). The predicted molar refractivity (Wildman–Crippen MR) is 101 cm³/mol. The van der Waals surface area contributed by atoms with Gasteiger partial charge in [0.1, 0.15) is 5.58 Å². The minimum atomic E-state index is -0.461. The minimum absolute atomic E-state index is 0.138. The van der Waals surface area contributed by atoms with Crippen molar-refractivity contribution < 1.29 is 9.21 Å². The second-order valence-corrected chi connectivity index (χ2v) is 6.73. The average molecular weight is 345 g/mol. The highest BCUT2D eigenvalue weighted by molar-refractivity contribution is 5.99. The van der Waals surface area contributed by atoms with Gasteiger partial charge in [-0.3, -0.25) is 9.59 Å². The van der Waals surface area contributed by atoms with Crippen LogP contribution in [0.4, 0.5) is 0 Å². The summed E-state index contributed by atoms with van der Waals surface area (Å²) in [7, 11) is 0. The molecule has 0 bridgehead atoms. The first-order valence-corrected chi connectivity index (χ1v) is 8.57. The summed E-state index contributed by atoms with van der Waals surface area (Å²) in [5, 5.41) is 0.508. The van der Waals surface area contributed by atoms with Crippen molar-refractivity contribution in [3.8, 4) is 0 Å². The second kappa shape index (κ2) is 5.99. The summed E-state index contributed by atoms with van der Waals surface area (Å²) in [6, 6.07) is 12.8. The molecule has 0 N–H and O–H groups in total. The Morgan fingerprint density at radius 2 is 1.77 bits per heavy atom. The number of hydrogen-bond acceptors (Lipinski definition) is 3. The molecule has 0 fully saturated rings. The monoisotopic (exact) mass is 345 g/mol. The Morgan fingerprint density at radius 1 is 1.08 bits per heavy atom. The van der Waals surface area contributed by atoms with Crippen LogP contribution in [0.1, 0.15) is 38.9 Å². The maximum Gasteiger partial charge on any atom is 0.291 e. The molecule has 1 amide bonds. The van der Waals surface area contributed by atoms with E-state index in [1.165, 1.54) is 0 Å². The molecule has 0 saturated heterocycles. The summed E-state index contributed by atoms with van der Waals surface area (Å²) < 4.78 is 5.88. The van der Waals surface area contributed by atoms with Crippen molar-refractivity contribution in [2.45, 2.75) is 19.9 Å². The van der Waals surface area contributed by atoms with Crippen molar-refractivity contribution in [3.05, 3.63) is 93.4 Å². The van der Waals surface area contributed by atoms with E-state index in [4.69, 9.17) is 4.42 Å². The van der Waals surface area contributed by atoms with Crippen LogP contribution in [0.2, 0.25) is 0 Å². The SMILES string of the molecule is C=CCN1C(=O)c2oc3ccc(C)cc3c(=O)c2C1c1ccc(C)cc1. The van der Waals surface area contributed by atoms with Crippen LogP contribution in [0.5, 0.6) is 0 Å². The molecule has 2 heterocycles. The highest BCUT2D eigenvalue weighted by Gasteiger charge is 2.42. The van der Waals surface area contributed by atoms with Crippen LogP contribution in [0.15, 0.2) is 64.3 Å². The van der Waals surface area contributed by atoms with Gasteiger partial charge in [-0.2, -0.15) is 0 Å². The molecule has 26 heavy (non-hydrogen) atoms. The second-order valence-electron chi connectivity index (χ2n) is 6.73. The van der Waals surface area contributed by atoms with E-state index in [2.05, 4.69) is 6.58 Å². The van der Waals surface area contributed by atoms with Crippen LogP contribution in [0, 0.1) is 13.8 Å². The predicted octanol–water partition coefficient (Wildman–Crippen LogP) is 4.14. The number of benzene rings is 2. The molecule has 3 aromatic rings. The highest BCUT2D eigenvalue weighted by atomic mass is 16.3. The van der Waals surface area contributed by atoms with Crippen molar-refractivity contribution in [3.63, 3.8) is 0 Å². The smallest absolute Gasteiger partial charge is 0.291 e. The summed E-state index contributed by atoms with van der Waals surface area (Å²) in [6.45, 7) is 8.03. The standard InChI is InChI=1S/C22H19NO3/c1-4-11-23-19(15-8-5-13(2)6-9-15)18-20(24)16-12-14(3)7-10-17(16)26-21(18)22(23)25/h4-10,12,19H,1,11H2,2-3H3. The first-order valence-electron chi connectivity index (χ1n) is 8.57. The molecular weight excluding hydrogens is 326 g/mol. The maximum absolute atomic E-state index is 13.3. The minimum Gasteiger partial charge on any atom is -0.450 e. The molecule has 0 aliphatic carbocycles. The molecule has 130 valence electrons. The van der Waals surface area contributed by atoms with Gasteiger partial charge in [-0.05, 0) is 31.5 Å². The molecule has 1 aliphatic heterocycles. The van der Waals surface area contributed by atoms with Crippen molar-refractivity contribution >= 4 is 16.9 Å². The van der Waals surface area contributed by atoms with E-state index in [-0.39, 0.29) is 17.1 Å². The Bertz CT molecular complexity index is 1090. The number of carbonyl (C=O) groups is 1. The molecule has 1 unspecified atom stereocenters. The zero-order chi connectivity index (χ0) is 18.4. The Balaban J connectivity index is 2.02. The molecule has 0 radical (unpaired) electrons. The lowest BCUT2D eigenvalue weighted by Gasteiger charge is -2.23. The fourth-order valence-corrected chi connectivity index (χ4v) is 3.56. The number of carbonyl (C=O) groups excluding carboxylic acids is 1. The largest absolute Gasteiger partial charge is 0.450 e. The van der Waals surface area contributed by atoms with Crippen LogP contribution < -0.4 is 5.43 Å². The fourth-order valence-electron chi connectivity index (χ4n) is 3.56. The number of fused-ring (bicyclic) bond motifs is 2. The normalized spacial score (nSPS) is 16.2. The van der Waals surface area contributed by atoms with E-state index in [0.717, 1.165) is 16.7 Å². The molecule has 1 atom stereocenters. The molecule has 4 heteroatoms. The Labute approximate surface area is 151 Å². The summed E-state index contributed by atoms with van der Waals surface area (Å²) in [5.74, 6) is -0.135. The lowest BCUT2D eigenvalue weighted by atomic mass is 9.97. The Hall–Kier alpha value is -3.14. The van der Waals surface area contributed by atoms with Crippen molar-refractivity contribution in [1.29, 1.82) is 0 Å². The zero-order valence-corrected chi connectivity index (χ0v) is 14.8. The van der Waals surface area contributed by atoms with E-state index in [1.807, 2.05) is 50.2 Å². The van der Waals surface area contributed by atoms with Gasteiger partial charge in [0.25, 0.3) is 5.91 Å². The topological polar surface area (TPSA) is 50.5 Å². The molecule has 1 aliphatic rings. The third kappa shape index (κ3) is 2.37.